The van der Waals surface area contributed by atoms with Crippen molar-refractivity contribution in [2.24, 2.45) is 0 Å². The molecule has 0 spiro atoms. The van der Waals surface area contributed by atoms with Crippen LogP contribution >= 0.6 is 11.3 Å². The first-order valence-corrected chi connectivity index (χ1v) is 17.9. The predicted octanol–water partition coefficient (Wildman–Crippen LogP) is 12.9. The van der Waals surface area contributed by atoms with Crippen molar-refractivity contribution in [3.05, 3.63) is 176 Å². The summed E-state index contributed by atoms with van der Waals surface area (Å²) < 4.78 is 2.52. The van der Waals surface area contributed by atoms with Crippen molar-refractivity contribution in [1.82, 2.24) is 15.0 Å². The fourth-order valence-electron chi connectivity index (χ4n) is 7.18. The highest BCUT2D eigenvalue weighted by Gasteiger charge is 2.19. The van der Waals surface area contributed by atoms with Crippen molar-refractivity contribution in [1.29, 1.82) is 0 Å². The summed E-state index contributed by atoms with van der Waals surface area (Å²) in [5, 5.41) is 7.20. The minimum Gasteiger partial charge on any atom is -0.208 e. The van der Waals surface area contributed by atoms with Gasteiger partial charge in [0.2, 0.25) is 0 Å². The fourth-order valence-corrected chi connectivity index (χ4v) is 8.26. The Bertz CT molecular complexity index is 2910. The van der Waals surface area contributed by atoms with E-state index in [4.69, 9.17) is 15.0 Å². The summed E-state index contributed by atoms with van der Waals surface area (Å²) in [6, 6.07) is 62.3. The molecule has 0 unspecified atom stereocenters. The highest BCUT2D eigenvalue weighted by atomic mass is 32.1. The normalized spacial score (nSPS) is 11.5. The summed E-state index contributed by atoms with van der Waals surface area (Å²) in [5.74, 6) is 1.94. The Morgan fingerprint density at radius 2 is 0.882 bits per heavy atom. The number of fused-ring (bicyclic) bond motifs is 5. The van der Waals surface area contributed by atoms with Gasteiger partial charge in [-0.2, -0.15) is 0 Å². The highest BCUT2D eigenvalue weighted by molar-refractivity contribution is 7.25. The van der Waals surface area contributed by atoms with Crippen LogP contribution in [0.25, 0.3) is 98.1 Å². The molecule has 0 radical (unpaired) electrons. The molecule has 0 aliphatic carbocycles. The summed E-state index contributed by atoms with van der Waals surface area (Å²) >= 11 is 1.81. The molecule has 51 heavy (non-hydrogen) atoms. The van der Waals surface area contributed by atoms with Gasteiger partial charge in [-0.1, -0.05) is 140 Å². The second-order valence-corrected chi connectivity index (χ2v) is 13.9. The number of thiophene rings is 1. The Labute approximate surface area is 299 Å². The van der Waals surface area contributed by atoms with E-state index in [0.29, 0.717) is 17.5 Å². The SMILES string of the molecule is c1ccc(-c2ccc(-c3nc(-c4ccc5sc6ccccc6c5c4)nc(-c4ccc5ccccc5c4-c4ccc5ccccc5c4)n3)cc2)cc1. The van der Waals surface area contributed by atoms with E-state index in [0.717, 1.165) is 38.8 Å². The van der Waals surface area contributed by atoms with Gasteiger partial charge in [-0.15, -0.1) is 11.3 Å². The molecule has 0 saturated carbocycles. The van der Waals surface area contributed by atoms with Crippen LogP contribution in [0.15, 0.2) is 176 Å². The third-order valence-electron chi connectivity index (χ3n) is 9.73. The second kappa shape index (κ2) is 12.1. The molecule has 0 saturated heterocycles. The maximum atomic E-state index is 5.27. The maximum absolute atomic E-state index is 5.27. The molecule has 4 heteroatoms. The summed E-state index contributed by atoms with van der Waals surface area (Å²) in [6.07, 6.45) is 0. The van der Waals surface area contributed by atoms with Gasteiger partial charge in [-0.25, -0.2) is 15.0 Å². The first kappa shape index (κ1) is 29.4. The van der Waals surface area contributed by atoms with E-state index < -0.39 is 0 Å². The van der Waals surface area contributed by atoms with Crippen molar-refractivity contribution in [2.45, 2.75) is 0 Å². The number of nitrogens with zero attached hydrogens (tertiary/aromatic N) is 3. The van der Waals surface area contributed by atoms with E-state index in [9.17, 15) is 0 Å². The predicted molar refractivity (Wildman–Crippen MR) is 215 cm³/mol. The number of hydrogen-bond acceptors (Lipinski definition) is 4. The Hall–Kier alpha value is -6.49. The molecule has 3 nitrogen and oxygen atoms in total. The zero-order valence-corrected chi connectivity index (χ0v) is 28.3. The third-order valence-corrected chi connectivity index (χ3v) is 10.9. The number of benzene rings is 8. The molecule has 0 aliphatic heterocycles. The van der Waals surface area contributed by atoms with Crippen molar-refractivity contribution in [3.63, 3.8) is 0 Å². The Morgan fingerprint density at radius 1 is 0.314 bits per heavy atom. The molecule has 2 heterocycles. The lowest BCUT2D eigenvalue weighted by atomic mass is 9.91. The molecule has 0 aliphatic rings. The molecule has 10 rings (SSSR count). The summed E-state index contributed by atoms with van der Waals surface area (Å²) in [6.45, 7) is 0. The molecule has 0 bridgehead atoms. The van der Waals surface area contributed by atoms with Gasteiger partial charge in [-0.3, -0.25) is 0 Å². The summed E-state index contributed by atoms with van der Waals surface area (Å²) in [7, 11) is 0. The standard InChI is InChI=1S/C47H29N3S/c1-2-10-30(11-3-1)32-18-21-34(22-19-32)45-48-46(37-25-27-43-41(29-37)39-16-8-9-17-42(39)51-43)50-47(49-45)40-26-24-33-13-6-7-15-38(33)44(40)36-23-20-31-12-4-5-14-35(31)28-36/h1-29H. The lowest BCUT2D eigenvalue weighted by molar-refractivity contribution is 1.08. The van der Waals surface area contributed by atoms with Crippen LogP contribution in [0, 0.1) is 0 Å². The largest absolute Gasteiger partial charge is 0.208 e. The minimum atomic E-state index is 0.641. The topological polar surface area (TPSA) is 38.7 Å². The third kappa shape index (κ3) is 5.25. The van der Waals surface area contributed by atoms with E-state index in [1.165, 1.54) is 41.9 Å². The van der Waals surface area contributed by atoms with Crippen LogP contribution in [0.4, 0.5) is 0 Å². The monoisotopic (exact) mass is 667 g/mol. The maximum Gasteiger partial charge on any atom is 0.164 e. The Kier molecular flexibility index (Phi) is 7.00. The van der Waals surface area contributed by atoms with Crippen LogP contribution in [0.2, 0.25) is 0 Å². The highest BCUT2D eigenvalue weighted by Crippen LogP contribution is 2.40. The lowest BCUT2D eigenvalue weighted by Crippen LogP contribution is -2.01. The molecule has 0 N–H and O–H groups in total. The zero-order chi connectivity index (χ0) is 33.7. The molecule has 2 aromatic heterocycles. The quantitative estimate of drug-likeness (QED) is 0.183. The Balaban J connectivity index is 1.21. The van der Waals surface area contributed by atoms with E-state index in [-0.39, 0.29) is 0 Å². The van der Waals surface area contributed by atoms with Gasteiger partial charge in [0.25, 0.3) is 0 Å². The molecule has 10 aromatic rings. The van der Waals surface area contributed by atoms with Crippen LogP contribution in [-0.2, 0) is 0 Å². The van der Waals surface area contributed by atoms with Crippen LogP contribution in [0.5, 0.6) is 0 Å². The van der Waals surface area contributed by atoms with Gasteiger partial charge in [0, 0.05) is 42.4 Å². The van der Waals surface area contributed by atoms with Crippen molar-refractivity contribution in [3.8, 4) is 56.4 Å². The summed E-state index contributed by atoms with van der Waals surface area (Å²) in [4.78, 5) is 15.7. The molecule has 0 fully saturated rings. The first-order chi connectivity index (χ1) is 25.2. The van der Waals surface area contributed by atoms with Crippen molar-refractivity contribution < 1.29 is 0 Å². The van der Waals surface area contributed by atoms with Crippen LogP contribution < -0.4 is 0 Å². The van der Waals surface area contributed by atoms with Gasteiger partial charge in [0.1, 0.15) is 0 Å². The van der Waals surface area contributed by atoms with E-state index in [1.807, 2.05) is 17.4 Å². The van der Waals surface area contributed by atoms with Gasteiger partial charge in [0.15, 0.2) is 17.5 Å². The van der Waals surface area contributed by atoms with Crippen molar-refractivity contribution >= 4 is 53.1 Å². The molecular weight excluding hydrogens is 639 g/mol. The zero-order valence-electron chi connectivity index (χ0n) is 27.5. The molecule has 0 atom stereocenters. The smallest absolute Gasteiger partial charge is 0.164 e. The van der Waals surface area contributed by atoms with Crippen LogP contribution in [-0.4, -0.2) is 15.0 Å². The van der Waals surface area contributed by atoms with E-state index in [2.05, 4.69) is 170 Å². The van der Waals surface area contributed by atoms with E-state index >= 15 is 0 Å². The Morgan fingerprint density at radius 3 is 1.73 bits per heavy atom. The number of aromatic nitrogens is 3. The average molecular weight is 668 g/mol. The van der Waals surface area contributed by atoms with Gasteiger partial charge in [0.05, 0.1) is 0 Å². The van der Waals surface area contributed by atoms with Gasteiger partial charge < -0.3 is 0 Å². The minimum absolute atomic E-state index is 0.641. The summed E-state index contributed by atoms with van der Waals surface area (Å²) in [5.41, 5.74) is 7.44. The van der Waals surface area contributed by atoms with Crippen LogP contribution in [0.1, 0.15) is 0 Å². The van der Waals surface area contributed by atoms with Gasteiger partial charge >= 0.3 is 0 Å². The first-order valence-electron chi connectivity index (χ1n) is 17.1. The molecular formula is C47H29N3S. The lowest BCUT2D eigenvalue weighted by Gasteiger charge is -2.15. The van der Waals surface area contributed by atoms with Crippen LogP contribution in [0.3, 0.4) is 0 Å². The van der Waals surface area contributed by atoms with Gasteiger partial charge in [-0.05, 0) is 74.6 Å². The molecule has 238 valence electrons. The fraction of sp³-hybridized carbons (Fsp3) is 0. The van der Waals surface area contributed by atoms with Crippen molar-refractivity contribution in [2.75, 3.05) is 0 Å². The molecule has 0 amide bonds. The average Bonchev–Trinajstić information content (AvgIpc) is 3.58. The van der Waals surface area contributed by atoms with E-state index in [1.54, 1.807) is 0 Å². The molecule has 8 aromatic carbocycles. The number of hydrogen-bond donors (Lipinski definition) is 0. The number of rotatable bonds is 5. The second-order valence-electron chi connectivity index (χ2n) is 12.8.